The second kappa shape index (κ2) is 20.7. The Balaban J connectivity index is 3.24. The molecule has 0 saturated heterocycles. The van der Waals surface area contributed by atoms with Crippen molar-refractivity contribution in [3.63, 3.8) is 0 Å². The summed E-state index contributed by atoms with van der Waals surface area (Å²) in [6, 6.07) is 3.93. The van der Waals surface area contributed by atoms with Crippen LogP contribution < -0.4 is 16.8 Å². The van der Waals surface area contributed by atoms with E-state index in [1.54, 1.807) is 46.3 Å². The van der Waals surface area contributed by atoms with Gasteiger partial charge in [0.2, 0.25) is 5.91 Å². The molecular weight excluding hydrogens is 646 g/mol. The number of amides is 2. The molecule has 3 unspecified atom stereocenters. The van der Waals surface area contributed by atoms with Gasteiger partial charge in [0.25, 0.3) is 0 Å². The molecule has 0 radical (unpaired) electrons. The molecule has 0 aliphatic rings. The molecule has 0 spiro atoms. The van der Waals surface area contributed by atoms with Crippen molar-refractivity contribution in [1.82, 2.24) is 10.2 Å². The van der Waals surface area contributed by atoms with Crippen LogP contribution in [0.5, 0.6) is 0 Å². The maximum Gasteiger partial charge on any atom is 0.516 e. The highest BCUT2D eigenvalue weighted by molar-refractivity contribution is 8.05. The number of ether oxygens (including phenoxy) is 1. The number of benzene rings is 1. The molecule has 0 aliphatic heterocycles. The normalized spacial score (nSPS) is 14.4. The highest BCUT2D eigenvalue weighted by Gasteiger charge is 2.35. The number of nitrogens with two attached hydrogens (primary N) is 2. The van der Waals surface area contributed by atoms with E-state index in [1.807, 2.05) is 0 Å². The molecule has 1 aromatic carbocycles. The Morgan fingerprint density at radius 2 is 1.86 bits per heavy atom. The number of halogens is 1. The van der Waals surface area contributed by atoms with Crippen LogP contribution in [0.3, 0.4) is 0 Å². The molecule has 6 N–H and O–H groups in total. The predicted octanol–water partition coefficient (Wildman–Crippen LogP) is 6.55. The molecule has 0 saturated carbocycles. The van der Waals surface area contributed by atoms with Crippen LogP contribution in [0.25, 0.3) is 0 Å². The number of nitrogens with zero attached hydrogens (tertiary/aromatic N) is 2. The summed E-state index contributed by atoms with van der Waals surface area (Å²) in [5.74, 6) is -1.70. The number of likely N-dealkylation sites (N-methyl/N-ethyl adjacent to an activating group) is 1. The summed E-state index contributed by atoms with van der Waals surface area (Å²) in [4.78, 5) is 41.6. The molecule has 278 valence electrons. The number of nitrogens with one attached hydrogen (secondary N) is 1. The Bertz CT molecular complexity index is 1290. The van der Waals surface area contributed by atoms with Gasteiger partial charge in [0.15, 0.2) is 0 Å². The van der Waals surface area contributed by atoms with Crippen LogP contribution >= 0.6 is 11.8 Å². The third kappa shape index (κ3) is 15.2. The van der Waals surface area contributed by atoms with Crippen molar-refractivity contribution >= 4 is 35.4 Å². The topological polar surface area (TPSA) is 148 Å². The molecule has 0 bridgehead atoms. The third-order valence-corrected chi connectivity index (χ3v) is 9.94. The molecular formula is C37H63FN5O5S+. The van der Waals surface area contributed by atoms with Crippen LogP contribution in [0.2, 0.25) is 0 Å². The zero-order valence-corrected chi connectivity index (χ0v) is 32.1. The first-order valence-electron chi connectivity index (χ1n) is 17.3. The maximum absolute atomic E-state index is 14.2. The Hall–Kier alpha value is -2.93. The second-order valence-electron chi connectivity index (χ2n) is 14.7. The molecule has 0 aromatic heterocycles. The van der Waals surface area contributed by atoms with Crippen molar-refractivity contribution in [1.29, 1.82) is 0 Å². The van der Waals surface area contributed by atoms with E-state index in [2.05, 4.69) is 44.6 Å². The van der Waals surface area contributed by atoms with Gasteiger partial charge in [0.1, 0.15) is 18.5 Å². The van der Waals surface area contributed by atoms with Crippen LogP contribution in [-0.2, 0) is 20.7 Å². The zero-order chi connectivity index (χ0) is 37.5. The zero-order valence-electron chi connectivity index (χ0n) is 31.3. The van der Waals surface area contributed by atoms with Crippen molar-refractivity contribution in [3.05, 3.63) is 52.0 Å². The average molecular weight is 709 g/mol. The van der Waals surface area contributed by atoms with Gasteiger partial charge in [0, 0.05) is 35.5 Å². The minimum Gasteiger partial charge on any atom is -0.481 e. The first-order chi connectivity index (χ1) is 22.7. The molecule has 0 heterocycles. The summed E-state index contributed by atoms with van der Waals surface area (Å²) < 4.78 is 20.3. The molecule has 1 rings (SSSR count). The van der Waals surface area contributed by atoms with E-state index in [4.69, 9.17) is 16.2 Å². The SMILES string of the molecule is C=C(S/C=C(\C)C(=O)NC(Cc1ccc(N)c(F)c1)CC(C)(C)C(=O)O)C(CC(C(C)C)N(C)CCCCCC)OC(=O)[N+](C)(C)CCN. The minimum absolute atomic E-state index is 0.00967. The lowest BCUT2D eigenvalue weighted by atomic mass is 9.84. The maximum atomic E-state index is 14.2. The van der Waals surface area contributed by atoms with Gasteiger partial charge >= 0.3 is 12.1 Å². The quantitative estimate of drug-likeness (QED) is 0.0455. The van der Waals surface area contributed by atoms with Crippen molar-refractivity contribution < 1.29 is 33.1 Å². The Morgan fingerprint density at radius 1 is 1.20 bits per heavy atom. The van der Waals surface area contributed by atoms with Crippen LogP contribution in [0.15, 0.2) is 40.7 Å². The molecule has 0 aliphatic carbocycles. The number of unbranched alkanes of at least 4 members (excludes halogenated alkanes) is 3. The lowest BCUT2D eigenvalue weighted by Gasteiger charge is -2.35. The van der Waals surface area contributed by atoms with Gasteiger partial charge in [-0.1, -0.05) is 64.4 Å². The number of nitrogen functional groups attached to an aromatic ring is 1. The van der Waals surface area contributed by atoms with Crippen LogP contribution in [-0.4, -0.2) is 91.4 Å². The number of hydrogen-bond acceptors (Lipinski definition) is 8. The highest BCUT2D eigenvalue weighted by atomic mass is 32.2. The van der Waals surface area contributed by atoms with Gasteiger partial charge in [0.05, 0.1) is 25.2 Å². The van der Waals surface area contributed by atoms with E-state index in [-0.39, 0.29) is 35.0 Å². The summed E-state index contributed by atoms with van der Waals surface area (Å²) >= 11 is 1.23. The number of rotatable bonds is 22. The largest absolute Gasteiger partial charge is 0.516 e. The Morgan fingerprint density at radius 3 is 2.41 bits per heavy atom. The van der Waals surface area contributed by atoms with Gasteiger partial charge in [-0.25, -0.2) is 8.87 Å². The average Bonchev–Trinajstić information content (AvgIpc) is 3.00. The van der Waals surface area contributed by atoms with Crippen molar-refractivity contribution in [2.75, 3.05) is 46.5 Å². The van der Waals surface area contributed by atoms with Crippen molar-refractivity contribution in [3.8, 4) is 0 Å². The number of carbonyl (C=O) groups is 3. The number of carboxylic acids is 1. The molecule has 12 heteroatoms. The fourth-order valence-electron chi connectivity index (χ4n) is 5.51. The molecule has 1 aromatic rings. The van der Waals surface area contributed by atoms with E-state index in [0.717, 1.165) is 25.8 Å². The molecule has 10 nitrogen and oxygen atoms in total. The number of anilines is 1. The van der Waals surface area contributed by atoms with Crippen LogP contribution in [0, 0.1) is 17.2 Å². The molecule has 49 heavy (non-hydrogen) atoms. The lowest BCUT2D eigenvalue weighted by molar-refractivity contribution is -0.815. The Labute approximate surface area is 298 Å². The summed E-state index contributed by atoms with van der Waals surface area (Å²) in [7, 11) is 5.63. The molecule has 0 fully saturated rings. The number of carboxylic acid groups (broad SMARTS) is 1. The van der Waals surface area contributed by atoms with Crippen LogP contribution in [0.1, 0.15) is 85.6 Å². The smallest absolute Gasteiger partial charge is 0.481 e. The molecule has 3 atom stereocenters. The standard InChI is InChI=1S/C37H62FN5O5S/c1-11-12-13-14-18-42(8)32(25(2)3)22-33(48-36(47)43(9,10)19-17-39)27(5)49-24-26(4)34(44)41-29(23-37(6,7)35(45)46)20-28-15-16-31(40)30(38)21-28/h15-16,21,24-25,29,32-33H,5,11-14,17-20,22-23,39-40H2,1-4,6-10H3,(H-,41,44,45,46)/p+1/b26-24+. The van der Waals surface area contributed by atoms with Gasteiger partial charge in [-0.2, -0.15) is 4.79 Å². The number of quaternary nitrogens is 1. The third-order valence-electron chi connectivity index (χ3n) is 8.90. The second-order valence-corrected chi connectivity index (χ2v) is 15.7. The molecule has 2 amide bonds. The fourth-order valence-corrected chi connectivity index (χ4v) is 6.24. The Kier molecular flexibility index (Phi) is 18.6. The highest BCUT2D eigenvalue weighted by Crippen LogP contribution is 2.30. The lowest BCUT2D eigenvalue weighted by Crippen LogP contribution is -2.50. The first-order valence-corrected chi connectivity index (χ1v) is 18.2. The van der Waals surface area contributed by atoms with Gasteiger partial charge in [-0.05, 0) is 82.6 Å². The summed E-state index contributed by atoms with van der Waals surface area (Å²) in [6.07, 6.45) is 4.43. The summed E-state index contributed by atoms with van der Waals surface area (Å²) in [5, 5.41) is 14.4. The summed E-state index contributed by atoms with van der Waals surface area (Å²) in [5.41, 5.74) is 11.2. The number of thioether (sulfide) groups is 1. The van der Waals surface area contributed by atoms with E-state index in [0.29, 0.717) is 35.6 Å². The monoisotopic (exact) mass is 708 g/mol. The van der Waals surface area contributed by atoms with Crippen LogP contribution in [0.4, 0.5) is 14.9 Å². The van der Waals surface area contributed by atoms with E-state index in [1.165, 1.54) is 30.3 Å². The van der Waals surface area contributed by atoms with Crippen molar-refractivity contribution in [2.45, 2.75) is 105 Å². The van der Waals surface area contributed by atoms with E-state index >= 15 is 0 Å². The number of aliphatic carboxylic acids is 1. The first kappa shape index (κ1) is 44.1. The van der Waals surface area contributed by atoms with E-state index in [9.17, 15) is 23.9 Å². The number of carbonyl (C=O) groups excluding carboxylic acids is 2. The van der Waals surface area contributed by atoms with Crippen molar-refractivity contribution in [2.24, 2.45) is 17.1 Å². The van der Waals surface area contributed by atoms with Gasteiger partial charge < -0.3 is 31.5 Å². The van der Waals surface area contributed by atoms with E-state index < -0.39 is 41.3 Å². The summed E-state index contributed by atoms with van der Waals surface area (Å²) in [6.45, 7) is 17.3. The predicted molar refractivity (Wildman–Crippen MR) is 199 cm³/mol. The van der Waals surface area contributed by atoms with Gasteiger partial charge in [-0.3, -0.25) is 9.59 Å². The minimum atomic E-state index is -1.14. The fraction of sp³-hybridized carbons (Fsp3) is 0.649. The van der Waals surface area contributed by atoms with Gasteiger partial charge in [-0.15, -0.1) is 0 Å². The number of hydrogen-bond donors (Lipinski definition) is 4.